The molecule has 3 atom stereocenters. The number of aromatic nitrogens is 2. The number of sulfonamides is 1. The highest BCUT2D eigenvalue weighted by Crippen LogP contribution is 2.56. The number of hydrogen-bond donors (Lipinski definition) is 4. The number of piperidine rings is 2. The molecule has 11 rings (SSSR count). The van der Waals surface area contributed by atoms with Crippen molar-refractivity contribution >= 4 is 55.4 Å². The lowest BCUT2D eigenvalue weighted by molar-refractivity contribution is -0.384. The molecule has 2 aromatic heterocycles. The van der Waals surface area contributed by atoms with Crippen molar-refractivity contribution in [2.24, 2.45) is 16.7 Å². The fourth-order valence-corrected chi connectivity index (χ4v) is 14.2. The number of nitro benzene ring substituents is 1. The van der Waals surface area contributed by atoms with Crippen LogP contribution in [-0.4, -0.2) is 102 Å². The SMILES string of the molecule is CC(C)c1ccccc1[C@H]1CC(C)(C)CCN1C1CC2(CCN(c3ccc(C(=O)NS(=O)(=O)c4ccc(NCC5CCC(C)(O)CC5)c([N+](=O)[O-])c4)c(N4c5cc6cc[nH]c6nc5O[C@H]5COCC[C@@H]54)c3)CC2)C1. The molecule has 1 amide bonds. The normalized spacial score (nSPS) is 26.0. The van der Waals surface area contributed by atoms with E-state index in [2.05, 4.69) is 81.7 Å². The highest BCUT2D eigenvalue weighted by Gasteiger charge is 2.51. The summed E-state index contributed by atoms with van der Waals surface area (Å²) in [6.45, 7) is 15.3. The zero-order valence-electron chi connectivity index (χ0n) is 43.4. The fourth-order valence-electron chi connectivity index (χ4n) is 13.3. The Labute approximate surface area is 434 Å². The molecule has 4 N–H and O–H groups in total. The van der Waals surface area contributed by atoms with Gasteiger partial charge in [0.15, 0.2) is 0 Å². The molecule has 6 aliphatic rings. The second-order valence-corrected chi connectivity index (χ2v) is 25.5. The summed E-state index contributed by atoms with van der Waals surface area (Å²) in [5, 5.41) is 26.8. The zero-order valence-corrected chi connectivity index (χ0v) is 44.3. The molecule has 3 aromatic carbocycles. The second-order valence-electron chi connectivity index (χ2n) is 23.8. The molecule has 0 bridgehead atoms. The summed E-state index contributed by atoms with van der Waals surface area (Å²) >= 11 is 0. The van der Waals surface area contributed by atoms with E-state index in [0.29, 0.717) is 79.9 Å². The van der Waals surface area contributed by atoms with Gasteiger partial charge in [-0.2, -0.15) is 4.98 Å². The van der Waals surface area contributed by atoms with Gasteiger partial charge in [-0.3, -0.25) is 19.8 Å². The van der Waals surface area contributed by atoms with Crippen molar-refractivity contribution in [2.45, 2.75) is 146 Å². The number of nitro groups is 1. The number of amides is 1. The number of ether oxygens (including phenoxy) is 2. The molecule has 1 spiro atoms. The van der Waals surface area contributed by atoms with Crippen molar-refractivity contribution < 1.29 is 32.7 Å². The summed E-state index contributed by atoms with van der Waals surface area (Å²) in [4.78, 5) is 41.5. The standard InChI is InChI=1S/C57H72N8O8S/c1-36(2)42-8-6-7-9-43(42)50-33-55(3,4)20-26-63(50)40-31-57(32-40)21-24-62(25-22-57)39-10-12-44(47(29-39)64-46-17-27-72-35-51(46)73-54-49(64)28-38-16-23-58-52(38)60-54)53(66)61-74(70,71)41-11-13-45(48(30-41)65(68)69)59-34-37-14-18-56(5,67)19-15-37/h6-13,16,23,28-30,36-37,40,46,50-51,59,67H,14-15,17-22,24-27,31-35H2,1-5H3,(H,58,60)(H,61,66)/t37?,46-,50+,51-,56?/m0/s1. The van der Waals surface area contributed by atoms with Crippen LogP contribution in [0.15, 0.2) is 83.9 Å². The van der Waals surface area contributed by atoms with Crippen LogP contribution in [0.5, 0.6) is 5.88 Å². The fraction of sp³-hybridized carbons (Fsp3) is 0.544. The molecule has 4 aliphatic heterocycles. The maximum atomic E-state index is 14.8. The monoisotopic (exact) mass is 1030 g/mol. The minimum Gasteiger partial charge on any atom is -0.468 e. The number of benzene rings is 3. The van der Waals surface area contributed by atoms with Gasteiger partial charge >= 0.3 is 0 Å². The van der Waals surface area contributed by atoms with Gasteiger partial charge < -0.3 is 34.7 Å². The first-order valence-corrected chi connectivity index (χ1v) is 28.4. The minimum atomic E-state index is -4.62. The Hall–Kier alpha value is -5.75. The number of carbonyl (C=O) groups excluding carboxylic acids is 1. The van der Waals surface area contributed by atoms with Crippen LogP contribution in [0.4, 0.5) is 28.4 Å². The number of aromatic amines is 1. The highest BCUT2D eigenvalue weighted by molar-refractivity contribution is 7.90. The van der Waals surface area contributed by atoms with Gasteiger partial charge in [-0.15, -0.1) is 0 Å². The van der Waals surface area contributed by atoms with E-state index in [1.807, 2.05) is 37.4 Å². The largest absolute Gasteiger partial charge is 0.468 e. The van der Waals surface area contributed by atoms with E-state index in [4.69, 9.17) is 14.5 Å². The number of nitrogens with zero attached hydrogens (tertiary/aromatic N) is 5. The van der Waals surface area contributed by atoms with Crippen LogP contribution in [0.3, 0.4) is 0 Å². The van der Waals surface area contributed by atoms with Crippen LogP contribution < -0.4 is 24.6 Å². The molecule has 2 saturated carbocycles. The number of rotatable bonds is 12. The number of aliphatic hydroxyl groups is 1. The van der Waals surface area contributed by atoms with E-state index in [1.165, 1.54) is 42.5 Å². The Kier molecular flexibility index (Phi) is 13.2. The molecule has 74 heavy (non-hydrogen) atoms. The Morgan fingerprint density at radius 1 is 0.932 bits per heavy atom. The topological polar surface area (TPSA) is 196 Å². The van der Waals surface area contributed by atoms with Crippen molar-refractivity contribution in [3.8, 4) is 5.88 Å². The van der Waals surface area contributed by atoms with Gasteiger partial charge in [-0.1, -0.05) is 52.0 Å². The van der Waals surface area contributed by atoms with Crippen LogP contribution >= 0.6 is 0 Å². The van der Waals surface area contributed by atoms with Crippen LogP contribution in [-0.2, 0) is 14.8 Å². The lowest BCUT2D eigenvalue weighted by atomic mass is 9.59. The molecule has 5 aromatic rings. The van der Waals surface area contributed by atoms with Crippen molar-refractivity contribution in [3.05, 3.63) is 106 Å². The molecule has 3 saturated heterocycles. The van der Waals surface area contributed by atoms with E-state index in [1.54, 1.807) is 6.07 Å². The molecular weight excluding hydrogens is 957 g/mol. The number of hydrogen-bond acceptors (Lipinski definition) is 13. The number of anilines is 4. The first-order valence-electron chi connectivity index (χ1n) is 26.9. The quantitative estimate of drug-likeness (QED) is 0.0681. The van der Waals surface area contributed by atoms with Crippen LogP contribution in [0.1, 0.15) is 139 Å². The van der Waals surface area contributed by atoms with E-state index < -0.39 is 43.1 Å². The highest BCUT2D eigenvalue weighted by atomic mass is 32.2. The number of fused-ring (bicyclic) bond motifs is 3. The molecule has 0 radical (unpaired) electrons. The Morgan fingerprint density at radius 3 is 2.46 bits per heavy atom. The first-order chi connectivity index (χ1) is 35.3. The predicted octanol–water partition coefficient (Wildman–Crippen LogP) is 10.4. The summed E-state index contributed by atoms with van der Waals surface area (Å²) in [5.41, 5.74) is 5.42. The predicted molar refractivity (Wildman–Crippen MR) is 287 cm³/mol. The number of pyridine rings is 1. The van der Waals surface area contributed by atoms with E-state index >= 15 is 0 Å². The number of H-pyrrole nitrogens is 1. The molecule has 6 heterocycles. The van der Waals surface area contributed by atoms with Crippen molar-refractivity contribution in [1.29, 1.82) is 0 Å². The maximum Gasteiger partial charge on any atom is 0.293 e. The molecular formula is C57H72N8O8S. The van der Waals surface area contributed by atoms with Gasteiger partial charge in [0, 0.05) is 61.7 Å². The Bertz CT molecular complexity index is 3040. The van der Waals surface area contributed by atoms with E-state index in [0.717, 1.165) is 68.9 Å². The van der Waals surface area contributed by atoms with Crippen molar-refractivity contribution in [2.75, 3.05) is 54.5 Å². The number of likely N-dealkylation sites (tertiary alicyclic amines) is 1. The third-order valence-electron chi connectivity index (χ3n) is 17.7. The summed E-state index contributed by atoms with van der Waals surface area (Å²) in [7, 11) is -4.62. The van der Waals surface area contributed by atoms with E-state index in [9.17, 15) is 28.4 Å². The Morgan fingerprint density at radius 2 is 1.70 bits per heavy atom. The molecule has 2 aliphatic carbocycles. The van der Waals surface area contributed by atoms with Gasteiger partial charge in [0.05, 0.1) is 39.3 Å². The van der Waals surface area contributed by atoms with Crippen LogP contribution in [0, 0.1) is 26.9 Å². The molecule has 5 fully saturated rings. The molecule has 17 heteroatoms. The van der Waals surface area contributed by atoms with Crippen molar-refractivity contribution in [1.82, 2.24) is 19.6 Å². The lowest BCUT2D eigenvalue weighted by Crippen LogP contribution is -2.57. The van der Waals surface area contributed by atoms with Crippen molar-refractivity contribution in [3.63, 3.8) is 0 Å². The van der Waals surface area contributed by atoms with E-state index in [-0.39, 0.29) is 34.0 Å². The minimum absolute atomic E-state index is 0.123. The molecule has 394 valence electrons. The smallest absolute Gasteiger partial charge is 0.293 e. The van der Waals surface area contributed by atoms with Gasteiger partial charge in [-0.25, -0.2) is 13.1 Å². The zero-order chi connectivity index (χ0) is 51.7. The molecule has 16 nitrogen and oxygen atoms in total. The second kappa shape index (κ2) is 19.4. The third-order valence-corrected chi connectivity index (χ3v) is 19.1. The average molecular weight is 1030 g/mol. The maximum absolute atomic E-state index is 14.8. The Balaban J connectivity index is 0.865. The lowest BCUT2D eigenvalue weighted by Gasteiger charge is -2.59. The van der Waals surface area contributed by atoms with Crippen LogP contribution in [0.2, 0.25) is 0 Å². The number of nitrogens with one attached hydrogen (secondary N) is 3. The summed E-state index contributed by atoms with van der Waals surface area (Å²) in [6, 6.07) is 23.0. The first kappa shape index (κ1) is 50.4. The van der Waals surface area contributed by atoms with Gasteiger partial charge in [0.1, 0.15) is 23.1 Å². The van der Waals surface area contributed by atoms with Gasteiger partial charge in [0.2, 0.25) is 5.88 Å². The summed E-state index contributed by atoms with van der Waals surface area (Å²) in [5.74, 6) is 0.167. The van der Waals surface area contributed by atoms with Gasteiger partial charge in [-0.05, 0) is 160 Å². The van der Waals surface area contributed by atoms with Crippen LogP contribution in [0.25, 0.3) is 11.0 Å². The average Bonchev–Trinajstić information content (AvgIpc) is 3.83. The van der Waals surface area contributed by atoms with Gasteiger partial charge in [0.25, 0.3) is 21.6 Å². The summed E-state index contributed by atoms with van der Waals surface area (Å²) < 4.78 is 43.2. The number of carbonyl (C=O) groups is 1. The third kappa shape index (κ3) is 9.85. The molecule has 0 unspecified atom stereocenters. The summed E-state index contributed by atoms with van der Waals surface area (Å²) in [6.07, 6.45) is 11.6.